The summed E-state index contributed by atoms with van der Waals surface area (Å²) in [7, 11) is 0. The zero-order chi connectivity index (χ0) is 12.9. The minimum Gasteiger partial charge on any atom is -0.0616 e. The van der Waals surface area contributed by atoms with Crippen LogP contribution in [-0.4, -0.2) is 0 Å². The molecule has 0 aliphatic carbocycles. The smallest absolute Gasteiger partial charge is 0.0333 e. The summed E-state index contributed by atoms with van der Waals surface area (Å²) in [4.78, 5) is 0. The molecular weight excluding hydrogens is 488 g/mol. The molecule has 0 radical (unpaired) electrons. The minimum absolute atomic E-state index is 1.05. The molecule has 0 bridgehead atoms. The van der Waals surface area contributed by atoms with Crippen molar-refractivity contribution in [2.24, 2.45) is 0 Å². The molecule has 0 heterocycles. The molecular formula is C14H6Br4. The Hall–Kier alpha value is 0.1000. The Morgan fingerprint density at radius 1 is 0.556 bits per heavy atom. The maximum Gasteiger partial charge on any atom is 0.0333 e. The van der Waals surface area contributed by atoms with Crippen molar-refractivity contribution in [3.63, 3.8) is 0 Å². The van der Waals surface area contributed by atoms with Crippen molar-refractivity contribution in [3.8, 4) is 0 Å². The van der Waals surface area contributed by atoms with Crippen LogP contribution in [0.2, 0.25) is 0 Å². The number of hydrogen-bond donors (Lipinski definition) is 0. The number of hydrogen-bond acceptors (Lipinski definition) is 0. The molecule has 3 aromatic carbocycles. The van der Waals surface area contributed by atoms with Gasteiger partial charge in [-0.2, -0.15) is 0 Å². The molecule has 0 fully saturated rings. The van der Waals surface area contributed by atoms with Gasteiger partial charge in [-0.3, -0.25) is 0 Å². The SMILES string of the molecule is Brc1cc2c(Br)c3ccccc3c(Br)c2cc1Br. The van der Waals surface area contributed by atoms with Crippen molar-refractivity contribution >= 4 is 85.3 Å². The molecule has 0 saturated carbocycles. The van der Waals surface area contributed by atoms with Crippen LogP contribution in [0.25, 0.3) is 21.5 Å². The number of rotatable bonds is 0. The zero-order valence-electron chi connectivity index (χ0n) is 8.98. The zero-order valence-corrected chi connectivity index (χ0v) is 15.3. The van der Waals surface area contributed by atoms with Gasteiger partial charge < -0.3 is 0 Å². The fourth-order valence-corrected chi connectivity index (χ4v) is 4.10. The third kappa shape index (κ3) is 1.98. The van der Waals surface area contributed by atoms with Crippen LogP contribution in [0.3, 0.4) is 0 Å². The van der Waals surface area contributed by atoms with Crippen LogP contribution in [0.5, 0.6) is 0 Å². The van der Waals surface area contributed by atoms with Gasteiger partial charge >= 0.3 is 0 Å². The lowest BCUT2D eigenvalue weighted by Gasteiger charge is -2.11. The minimum atomic E-state index is 1.05. The number of benzene rings is 3. The van der Waals surface area contributed by atoms with Crippen LogP contribution in [0, 0.1) is 0 Å². The molecule has 0 amide bonds. The maximum absolute atomic E-state index is 3.72. The Morgan fingerprint density at radius 2 is 0.944 bits per heavy atom. The second kappa shape index (κ2) is 4.89. The van der Waals surface area contributed by atoms with Crippen LogP contribution < -0.4 is 0 Å². The van der Waals surface area contributed by atoms with Crippen molar-refractivity contribution in [2.75, 3.05) is 0 Å². The number of halogens is 4. The summed E-state index contributed by atoms with van der Waals surface area (Å²) in [6.07, 6.45) is 0. The molecule has 0 aromatic heterocycles. The molecule has 0 saturated heterocycles. The highest BCUT2D eigenvalue weighted by Gasteiger charge is 2.12. The summed E-state index contributed by atoms with van der Waals surface area (Å²) in [5.41, 5.74) is 0. The van der Waals surface area contributed by atoms with Crippen molar-refractivity contribution in [1.29, 1.82) is 0 Å². The van der Waals surface area contributed by atoms with Gasteiger partial charge in [-0.05, 0) is 97.4 Å². The van der Waals surface area contributed by atoms with Crippen molar-refractivity contribution in [3.05, 3.63) is 54.3 Å². The summed E-state index contributed by atoms with van der Waals surface area (Å²) in [5.74, 6) is 0. The largest absolute Gasteiger partial charge is 0.0616 e. The lowest BCUT2D eigenvalue weighted by molar-refractivity contribution is 1.63. The first-order valence-corrected chi connectivity index (χ1v) is 8.41. The highest BCUT2D eigenvalue weighted by atomic mass is 79.9. The van der Waals surface area contributed by atoms with Gasteiger partial charge in [0.15, 0.2) is 0 Å². The van der Waals surface area contributed by atoms with Crippen molar-refractivity contribution < 1.29 is 0 Å². The first kappa shape index (κ1) is 13.1. The fourth-order valence-electron chi connectivity index (χ4n) is 2.07. The maximum atomic E-state index is 3.72. The van der Waals surface area contributed by atoms with Gasteiger partial charge in [-0.15, -0.1) is 0 Å². The van der Waals surface area contributed by atoms with E-state index in [9.17, 15) is 0 Å². The molecule has 18 heavy (non-hydrogen) atoms. The lowest BCUT2D eigenvalue weighted by Crippen LogP contribution is -1.83. The predicted octanol–water partition coefficient (Wildman–Crippen LogP) is 7.04. The van der Waals surface area contributed by atoms with Crippen LogP contribution in [-0.2, 0) is 0 Å². The van der Waals surface area contributed by atoms with Crippen molar-refractivity contribution in [2.45, 2.75) is 0 Å². The molecule has 0 spiro atoms. The van der Waals surface area contributed by atoms with E-state index in [4.69, 9.17) is 0 Å². The topological polar surface area (TPSA) is 0 Å². The van der Waals surface area contributed by atoms with E-state index in [-0.39, 0.29) is 0 Å². The van der Waals surface area contributed by atoms with Gasteiger partial charge in [-0.25, -0.2) is 0 Å². The first-order chi connectivity index (χ1) is 8.59. The lowest BCUT2D eigenvalue weighted by atomic mass is 10.0. The highest BCUT2D eigenvalue weighted by Crippen LogP contribution is 2.42. The van der Waals surface area contributed by atoms with E-state index < -0.39 is 0 Å². The van der Waals surface area contributed by atoms with E-state index in [1.807, 2.05) is 0 Å². The molecule has 0 atom stereocenters. The summed E-state index contributed by atoms with van der Waals surface area (Å²) in [6.45, 7) is 0. The molecule has 0 N–H and O–H groups in total. The normalized spacial score (nSPS) is 11.3. The molecule has 4 heteroatoms. The average molecular weight is 494 g/mol. The molecule has 0 aliphatic heterocycles. The summed E-state index contributed by atoms with van der Waals surface area (Å²) in [6, 6.07) is 12.6. The van der Waals surface area contributed by atoms with Crippen molar-refractivity contribution in [1.82, 2.24) is 0 Å². The van der Waals surface area contributed by atoms with Gasteiger partial charge in [0, 0.05) is 17.9 Å². The summed E-state index contributed by atoms with van der Waals surface area (Å²) in [5, 5.41) is 4.81. The highest BCUT2D eigenvalue weighted by molar-refractivity contribution is 9.13. The fraction of sp³-hybridized carbons (Fsp3) is 0. The molecule has 0 unspecified atom stereocenters. The Labute approximate surface area is 138 Å². The van der Waals surface area contributed by atoms with E-state index in [0.29, 0.717) is 0 Å². The van der Waals surface area contributed by atoms with E-state index in [1.165, 1.54) is 21.5 Å². The summed E-state index contributed by atoms with van der Waals surface area (Å²) >= 11 is 14.5. The summed E-state index contributed by atoms with van der Waals surface area (Å²) < 4.78 is 4.37. The Kier molecular flexibility index (Phi) is 3.56. The molecule has 90 valence electrons. The van der Waals surface area contributed by atoms with Gasteiger partial charge in [0.25, 0.3) is 0 Å². The molecule has 3 rings (SSSR count). The van der Waals surface area contributed by atoms with Crippen LogP contribution >= 0.6 is 63.7 Å². The second-order valence-corrected chi connectivity index (χ2v) is 7.28. The molecule has 0 aliphatic rings. The van der Waals surface area contributed by atoms with E-state index >= 15 is 0 Å². The Morgan fingerprint density at radius 3 is 1.33 bits per heavy atom. The van der Waals surface area contributed by atoms with Gasteiger partial charge in [-0.1, -0.05) is 24.3 Å². The quantitative estimate of drug-likeness (QED) is 0.295. The standard InChI is InChI=1S/C14H6Br4/c15-11-5-9-10(6-12(11)16)14(18)8-4-2-1-3-7(8)13(9)17/h1-6H. The third-order valence-electron chi connectivity index (χ3n) is 2.93. The Bertz CT molecular complexity index is 712. The second-order valence-electron chi connectivity index (χ2n) is 3.99. The van der Waals surface area contributed by atoms with Gasteiger partial charge in [0.05, 0.1) is 0 Å². The van der Waals surface area contributed by atoms with Gasteiger partial charge in [0.1, 0.15) is 0 Å². The van der Waals surface area contributed by atoms with E-state index in [1.54, 1.807) is 0 Å². The van der Waals surface area contributed by atoms with Crippen LogP contribution in [0.1, 0.15) is 0 Å². The molecule has 3 aromatic rings. The van der Waals surface area contributed by atoms with Crippen LogP contribution in [0.4, 0.5) is 0 Å². The average Bonchev–Trinajstić information content (AvgIpc) is 2.38. The molecule has 0 nitrogen and oxygen atoms in total. The predicted molar refractivity (Wildman–Crippen MR) is 92.3 cm³/mol. The first-order valence-electron chi connectivity index (χ1n) is 5.24. The van der Waals surface area contributed by atoms with Crippen LogP contribution in [0.15, 0.2) is 54.3 Å². The van der Waals surface area contributed by atoms with E-state index in [2.05, 4.69) is 100 Å². The Balaban J connectivity index is 2.62. The van der Waals surface area contributed by atoms with E-state index in [0.717, 1.165) is 17.9 Å². The third-order valence-corrected chi connectivity index (χ3v) is 6.49. The van der Waals surface area contributed by atoms with Gasteiger partial charge in [0.2, 0.25) is 0 Å². The number of fused-ring (bicyclic) bond motifs is 2. The monoisotopic (exact) mass is 490 g/mol.